The van der Waals surface area contributed by atoms with Crippen LogP contribution in [0.5, 0.6) is 5.75 Å². The SMILES string of the molecule is O=C(CN1C(=O)N/C(=C/c2cc(Br)cc(Br)c2O)C1=O)Nc1ccccc1F. The molecule has 1 fully saturated rings. The minimum absolute atomic E-state index is 0.0563. The van der Waals surface area contributed by atoms with Gasteiger partial charge in [0.25, 0.3) is 5.91 Å². The third-order valence-electron chi connectivity index (χ3n) is 3.77. The first-order chi connectivity index (χ1) is 13.3. The van der Waals surface area contributed by atoms with E-state index in [0.717, 1.165) is 0 Å². The molecule has 7 nitrogen and oxygen atoms in total. The summed E-state index contributed by atoms with van der Waals surface area (Å²) in [7, 11) is 0. The number of hydrogen-bond donors (Lipinski definition) is 3. The van der Waals surface area contributed by atoms with Crippen LogP contribution in [0.25, 0.3) is 6.08 Å². The Bertz CT molecular complexity index is 1030. The van der Waals surface area contributed by atoms with E-state index in [2.05, 4.69) is 42.5 Å². The number of carbonyl (C=O) groups excluding carboxylic acids is 3. The number of carbonyl (C=O) groups is 3. The van der Waals surface area contributed by atoms with Crippen LogP contribution in [0.1, 0.15) is 5.56 Å². The second kappa shape index (κ2) is 8.11. The van der Waals surface area contributed by atoms with E-state index in [9.17, 15) is 23.9 Å². The summed E-state index contributed by atoms with van der Waals surface area (Å²) in [6.45, 7) is -0.593. The Hall–Kier alpha value is -2.72. The number of anilines is 1. The fourth-order valence-corrected chi connectivity index (χ4v) is 3.72. The Labute approximate surface area is 175 Å². The first kappa shape index (κ1) is 20.0. The molecule has 0 bridgehead atoms. The Morgan fingerprint density at radius 2 is 1.96 bits per heavy atom. The highest BCUT2D eigenvalue weighted by Crippen LogP contribution is 2.33. The molecule has 3 N–H and O–H groups in total. The lowest BCUT2D eigenvalue weighted by molar-refractivity contribution is -0.127. The monoisotopic (exact) mass is 511 g/mol. The lowest BCUT2D eigenvalue weighted by Crippen LogP contribution is -2.38. The molecule has 1 aliphatic rings. The number of phenols is 1. The van der Waals surface area contributed by atoms with Crippen LogP contribution in [0.4, 0.5) is 14.9 Å². The molecule has 0 aromatic heterocycles. The number of halogens is 3. The number of para-hydroxylation sites is 1. The van der Waals surface area contributed by atoms with E-state index < -0.39 is 30.2 Å². The normalized spacial score (nSPS) is 15.1. The third kappa shape index (κ3) is 4.23. The van der Waals surface area contributed by atoms with E-state index in [-0.39, 0.29) is 22.7 Å². The number of nitrogens with zero attached hydrogens (tertiary/aromatic N) is 1. The number of benzene rings is 2. The van der Waals surface area contributed by atoms with Crippen molar-refractivity contribution in [3.63, 3.8) is 0 Å². The summed E-state index contributed by atoms with van der Waals surface area (Å²) in [5.74, 6) is -2.23. The lowest BCUT2D eigenvalue weighted by Gasteiger charge is -2.12. The van der Waals surface area contributed by atoms with E-state index in [1.807, 2.05) is 0 Å². The highest BCUT2D eigenvalue weighted by atomic mass is 79.9. The van der Waals surface area contributed by atoms with Crippen LogP contribution < -0.4 is 10.6 Å². The molecule has 2 aromatic rings. The van der Waals surface area contributed by atoms with E-state index >= 15 is 0 Å². The Balaban J connectivity index is 1.77. The van der Waals surface area contributed by atoms with Gasteiger partial charge in [0, 0.05) is 10.0 Å². The van der Waals surface area contributed by atoms with Gasteiger partial charge < -0.3 is 15.7 Å². The maximum absolute atomic E-state index is 13.6. The Morgan fingerprint density at radius 3 is 2.68 bits per heavy atom. The first-order valence-electron chi connectivity index (χ1n) is 7.83. The minimum atomic E-state index is -0.798. The van der Waals surface area contributed by atoms with Crippen molar-refractivity contribution in [3.05, 3.63) is 62.4 Å². The number of imide groups is 1. The van der Waals surface area contributed by atoms with Crippen LogP contribution in [0.3, 0.4) is 0 Å². The largest absolute Gasteiger partial charge is 0.506 e. The van der Waals surface area contributed by atoms with Crippen LogP contribution in [-0.4, -0.2) is 34.4 Å². The summed E-state index contributed by atoms with van der Waals surface area (Å²) < 4.78 is 14.6. The van der Waals surface area contributed by atoms with Gasteiger partial charge in [0.1, 0.15) is 23.8 Å². The fourth-order valence-electron chi connectivity index (χ4n) is 2.46. The molecule has 0 saturated carbocycles. The first-order valence-corrected chi connectivity index (χ1v) is 9.42. The highest BCUT2D eigenvalue weighted by Gasteiger charge is 2.35. The minimum Gasteiger partial charge on any atom is -0.506 e. The van der Waals surface area contributed by atoms with Crippen LogP contribution in [0.2, 0.25) is 0 Å². The number of urea groups is 1. The molecule has 1 heterocycles. The van der Waals surface area contributed by atoms with Crippen molar-refractivity contribution in [1.82, 2.24) is 10.2 Å². The summed E-state index contributed by atoms with van der Waals surface area (Å²) in [5, 5.41) is 14.7. The van der Waals surface area contributed by atoms with Gasteiger partial charge in [0.2, 0.25) is 5.91 Å². The second-order valence-corrected chi connectivity index (χ2v) is 7.50. The molecule has 0 atom stereocenters. The van der Waals surface area contributed by atoms with Crippen molar-refractivity contribution in [3.8, 4) is 5.75 Å². The summed E-state index contributed by atoms with van der Waals surface area (Å²) >= 11 is 6.45. The smallest absolute Gasteiger partial charge is 0.329 e. The number of aromatic hydroxyl groups is 1. The average molecular weight is 513 g/mol. The van der Waals surface area contributed by atoms with Crippen LogP contribution in [0, 0.1) is 5.82 Å². The molecule has 0 spiro atoms. The van der Waals surface area contributed by atoms with Gasteiger partial charge in [-0.1, -0.05) is 28.1 Å². The quantitative estimate of drug-likeness (QED) is 0.430. The standard InChI is InChI=1S/C18H12Br2FN3O4/c19-10-5-9(16(26)11(20)7-10)6-14-17(27)24(18(28)23-14)8-15(25)22-13-4-2-1-3-12(13)21/h1-7,26H,8H2,(H,22,25)(H,23,28)/b14-6+. The molecule has 0 radical (unpaired) electrons. The molecule has 0 aliphatic carbocycles. The maximum Gasteiger partial charge on any atom is 0.329 e. The van der Waals surface area contributed by atoms with Gasteiger partial charge in [-0.05, 0) is 46.3 Å². The number of nitrogens with one attached hydrogen (secondary N) is 2. The number of hydrogen-bond acceptors (Lipinski definition) is 4. The summed E-state index contributed by atoms with van der Waals surface area (Å²) in [6, 6.07) is 7.91. The zero-order chi connectivity index (χ0) is 20.4. The average Bonchev–Trinajstić information content (AvgIpc) is 2.88. The van der Waals surface area contributed by atoms with Crippen molar-refractivity contribution in [2.24, 2.45) is 0 Å². The van der Waals surface area contributed by atoms with Gasteiger partial charge >= 0.3 is 6.03 Å². The Morgan fingerprint density at radius 1 is 1.25 bits per heavy atom. The molecular weight excluding hydrogens is 501 g/mol. The van der Waals surface area contributed by atoms with Gasteiger partial charge in [0.15, 0.2) is 0 Å². The zero-order valence-corrected chi connectivity index (χ0v) is 17.2. The summed E-state index contributed by atoms with van der Waals surface area (Å²) in [6.07, 6.45) is 1.29. The zero-order valence-electron chi connectivity index (χ0n) is 14.0. The summed E-state index contributed by atoms with van der Waals surface area (Å²) in [5.41, 5.74) is 0.116. The molecule has 1 aliphatic heterocycles. The van der Waals surface area contributed by atoms with Crippen molar-refractivity contribution < 1.29 is 23.9 Å². The van der Waals surface area contributed by atoms with Gasteiger partial charge in [0.05, 0.1) is 10.2 Å². The maximum atomic E-state index is 13.6. The van der Waals surface area contributed by atoms with Gasteiger partial charge in [-0.25, -0.2) is 14.1 Å². The van der Waals surface area contributed by atoms with Crippen molar-refractivity contribution in [2.45, 2.75) is 0 Å². The predicted molar refractivity (Wildman–Crippen MR) is 107 cm³/mol. The fraction of sp³-hybridized carbons (Fsp3) is 0.0556. The van der Waals surface area contributed by atoms with Crippen molar-refractivity contribution in [2.75, 3.05) is 11.9 Å². The number of phenolic OH excluding ortho intramolecular Hbond substituents is 1. The molecule has 2 aromatic carbocycles. The molecule has 10 heteroatoms. The van der Waals surface area contributed by atoms with E-state index in [1.165, 1.54) is 30.3 Å². The lowest BCUT2D eigenvalue weighted by atomic mass is 10.1. The molecule has 0 unspecified atom stereocenters. The van der Waals surface area contributed by atoms with Gasteiger partial charge in [-0.2, -0.15) is 0 Å². The van der Waals surface area contributed by atoms with Crippen LogP contribution in [0.15, 0.2) is 51.0 Å². The second-order valence-electron chi connectivity index (χ2n) is 5.73. The third-order valence-corrected chi connectivity index (χ3v) is 4.83. The summed E-state index contributed by atoms with van der Waals surface area (Å²) in [4.78, 5) is 37.3. The van der Waals surface area contributed by atoms with Crippen molar-refractivity contribution >= 4 is 61.5 Å². The topological polar surface area (TPSA) is 98.7 Å². The van der Waals surface area contributed by atoms with Crippen LogP contribution >= 0.6 is 31.9 Å². The predicted octanol–water partition coefficient (Wildman–Crippen LogP) is 3.59. The molecule has 144 valence electrons. The van der Waals surface area contributed by atoms with Crippen LogP contribution in [-0.2, 0) is 9.59 Å². The molecule has 4 amide bonds. The molecule has 1 saturated heterocycles. The highest BCUT2D eigenvalue weighted by molar-refractivity contribution is 9.11. The Kier molecular flexibility index (Phi) is 5.80. The molecule has 28 heavy (non-hydrogen) atoms. The van der Waals surface area contributed by atoms with Gasteiger partial charge in [-0.3, -0.25) is 9.59 Å². The van der Waals surface area contributed by atoms with E-state index in [1.54, 1.807) is 12.1 Å². The van der Waals surface area contributed by atoms with E-state index in [4.69, 9.17) is 0 Å². The molecule has 3 rings (SSSR count). The molecular formula is C18H12Br2FN3O4. The number of amides is 4. The van der Waals surface area contributed by atoms with Crippen molar-refractivity contribution in [1.29, 1.82) is 0 Å². The number of rotatable bonds is 4. The van der Waals surface area contributed by atoms with Gasteiger partial charge in [-0.15, -0.1) is 0 Å². The van der Waals surface area contributed by atoms with E-state index in [0.29, 0.717) is 13.8 Å².